The van der Waals surface area contributed by atoms with E-state index in [1.165, 1.54) is 0 Å². The first-order valence-electron chi connectivity index (χ1n) is 9.39. The number of likely N-dealkylation sites (N-methyl/N-ethyl adjacent to an activating group) is 1. The largest absolute Gasteiger partial charge is 0.314 e. The van der Waals surface area contributed by atoms with Gasteiger partial charge in [-0.3, -0.25) is 9.59 Å². The van der Waals surface area contributed by atoms with Crippen LogP contribution < -0.4 is 10.2 Å². The molecule has 2 aliphatic rings. The molecule has 1 spiro atoms. The number of anilines is 2. The Hall–Kier alpha value is -2.63. The smallest absolute Gasteiger partial charge is 0.242 e. The first-order valence-corrected chi connectivity index (χ1v) is 9.39. The average molecular weight is 366 g/mol. The van der Waals surface area contributed by atoms with Crippen molar-refractivity contribution >= 4 is 23.3 Å². The van der Waals surface area contributed by atoms with E-state index in [9.17, 15) is 9.59 Å². The van der Waals surface area contributed by atoms with Crippen LogP contribution in [0, 0.1) is 0 Å². The van der Waals surface area contributed by atoms with Crippen LogP contribution in [0.1, 0.15) is 63.6 Å². The van der Waals surface area contributed by atoms with Crippen molar-refractivity contribution in [3.8, 4) is 0 Å². The standard InChI is InChI=1S/C21H26N4O2/c1-12(2)13-7-8-16-14(9-13)21(19(27)24(16)6)10-17(26)23-18-15(21)11-22-25(18)20(3,4)5/h7-9,11-12H,10H2,1-6H3,(H,23,26). The van der Waals surface area contributed by atoms with Crippen LogP contribution in [0.4, 0.5) is 11.5 Å². The predicted octanol–water partition coefficient (Wildman–Crippen LogP) is 3.37. The lowest BCUT2D eigenvalue weighted by molar-refractivity contribution is -0.126. The van der Waals surface area contributed by atoms with Gasteiger partial charge >= 0.3 is 0 Å². The molecule has 1 N–H and O–H groups in total. The van der Waals surface area contributed by atoms with Crippen LogP contribution in [0.5, 0.6) is 0 Å². The monoisotopic (exact) mass is 366 g/mol. The van der Waals surface area contributed by atoms with Crippen molar-refractivity contribution < 1.29 is 9.59 Å². The fraction of sp³-hybridized carbons (Fsp3) is 0.476. The van der Waals surface area contributed by atoms with Crippen molar-refractivity contribution in [3.05, 3.63) is 41.1 Å². The van der Waals surface area contributed by atoms with Gasteiger partial charge in [-0.15, -0.1) is 0 Å². The van der Waals surface area contributed by atoms with Gasteiger partial charge in [0.05, 0.1) is 11.7 Å². The van der Waals surface area contributed by atoms with Crippen molar-refractivity contribution in [2.45, 2.75) is 57.9 Å². The molecule has 4 rings (SSSR count). The molecule has 6 nitrogen and oxygen atoms in total. The van der Waals surface area contributed by atoms with Crippen LogP contribution in [0.2, 0.25) is 0 Å². The first kappa shape index (κ1) is 17.8. The second-order valence-corrected chi connectivity index (χ2v) is 8.92. The summed E-state index contributed by atoms with van der Waals surface area (Å²) >= 11 is 0. The highest BCUT2D eigenvalue weighted by molar-refractivity contribution is 6.15. The maximum absolute atomic E-state index is 13.5. The summed E-state index contributed by atoms with van der Waals surface area (Å²) in [5.74, 6) is 0.742. The van der Waals surface area contributed by atoms with E-state index in [4.69, 9.17) is 0 Å². The van der Waals surface area contributed by atoms with Gasteiger partial charge in [0, 0.05) is 24.7 Å². The molecule has 0 saturated heterocycles. The Balaban J connectivity index is 2.03. The van der Waals surface area contributed by atoms with Gasteiger partial charge in [-0.25, -0.2) is 4.68 Å². The summed E-state index contributed by atoms with van der Waals surface area (Å²) in [4.78, 5) is 27.9. The Kier molecular flexibility index (Phi) is 3.58. The van der Waals surface area contributed by atoms with E-state index in [2.05, 4.69) is 36.4 Å². The van der Waals surface area contributed by atoms with Crippen molar-refractivity contribution in [1.29, 1.82) is 0 Å². The number of benzene rings is 1. The number of carbonyl (C=O) groups excluding carboxylic acids is 2. The number of amides is 2. The first-order chi connectivity index (χ1) is 12.6. The molecule has 1 atom stereocenters. The lowest BCUT2D eigenvalue weighted by atomic mass is 9.71. The second-order valence-electron chi connectivity index (χ2n) is 8.92. The molecule has 0 radical (unpaired) electrons. The lowest BCUT2D eigenvalue weighted by Crippen LogP contribution is -2.46. The number of hydrogen-bond donors (Lipinski definition) is 1. The summed E-state index contributed by atoms with van der Waals surface area (Å²) in [6, 6.07) is 6.16. The highest BCUT2D eigenvalue weighted by atomic mass is 16.2. The minimum atomic E-state index is -1.00. The SMILES string of the molecule is CC(C)c1ccc2c(c1)C1(CC(=O)Nc3c1cnn3C(C)(C)C)C(=O)N2C. The van der Waals surface area contributed by atoms with E-state index in [1.54, 1.807) is 22.8 Å². The van der Waals surface area contributed by atoms with Crippen LogP contribution in [-0.2, 0) is 20.5 Å². The van der Waals surface area contributed by atoms with E-state index in [0.717, 1.165) is 22.4 Å². The van der Waals surface area contributed by atoms with Crippen LogP contribution in [0.25, 0.3) is 0 Å². The lowest BCUT2D eigenvalue weighted by Gasteiger charge is -2.34. The molecule has 2 amide bonds. The topological polar surface area (TPSA) is 67.2 Å². The third-order valence-electron chi connectivity index (χ3n) is 5.73. The van der Waals surface area contributed by atoms with E-state index in [0.29, 0.717) is 11.7 Å². The zero-order chi connectivity index (χ0) is 19.7. The van der Waals surface area contributed by atoms with E-state index in [1.807, 2.05) is 26.8 Å². The zero-order valence-corrected chi connectivity index (χ0v) is 16.8. The molecule has 142 valence electrons. The highest BCUT2D eigenvalue weighted by Crippen LogP contribution is 2.52. The second kappa shape index (κ2) is 5.44. The number of fused-ring (bicyclic) bond motifs is 4. The Morgan fingerprint density at radius 3 is 2.52 bits per heavy atom. The Morgan fingerprint density at radius 1 is 1.19 bits per heavy atom. The maximum atomic E-state index is 13.5. The minimum Gasteiger partial charge on any atom is -0.314 e. The molecule has 6 heteroatoms. The molecule has 27 heavy (non-hydrogen) atoms. The summed E-state index contributed by atoms with van der Waals surface area (Å²) in [5, 5.41) is 7.50. The molecular formula is C21H26N4O2. The van der Waals surface area contributed by atoms with Crippen molar-refractivity contribution in [2.24, 2.45) is 0 Å². The molecule has 0 aliphatic carbocycles. The van der Waals surface area contributed by atoms with Crippen LogP contribution in [0.3, 0.4) is 0 Å². The molecule has 2 aliphatic heterocycles. The van der Waals surface area contributed by atoms with Crippen LogP contribution >= 0.6 is 0 Å². The van der Waals surface area contributed by atoms with E-state index in [-0.39, 0.29) is 23.8 Å². The molecule has 3 heterocycles. The van der Waals surface area contributed by atoms with Gasteiger partial charge in [-0.2, -0.15) is 5.10 Å². The third kappa shape index (κ3) is 2.28. The molecule has 1 aromatic heterocycles. The van der Waals surface area contributed by atoms with Crippen LogP contribution in [0.15, 0.2) is 24.4 Å². The number of nitrogens with one attached hydrogen (secondary N) is 1. The average Bonchev–Trinajstić information content (AvgIpc) is 3.10. The number of nitrogens with zero attached hydrogens (tertiary/aromatic N) is 3. The van der Waals surface area contributed by atoms with E-state index < -0.39 is 5.41 Å². The summed E-state index contributed by atoms with van der Waals surface area (Å²) in [5.41, 5.74) is 2.41. The summed E-state index contributed by atoms with van der Waals surface area (Å²) in [6.07, 6.45) is 1.86. The Labute approximate surface area is 159 Å². The quantitative estimate of drug-likeness (QED) is 0.841. The summed E-state index contributed by atoms with van der Waals surface area (Å²) < 4.78 is 1.80. The summed E-state index contributed by atoms with van der Waals surface area (Å²) in [7, 11) is 1.78. The normalized spacial score (nSPS) is 21.7. The minimum absolute atomic E-state index is 0.0667. The Bertz CT molecular complexity index is 967. The number of aromatic nitrogens is 2. The molecular weight excluding hydrogens is 340 g/mol. The van der Waals surface area contributed by atoms with E-state index >= 15 is 0 Å². The number of rotatable bonds is 1. The van der Waals surface area contributed by atoms with Gasteiger partial charge in [0.15, 0.2) is 0 Å². The fourth-order valence-electron chi connectivity index (χ4n) is 4.29. The zero-order valence-electron chi connectivity index (χ0n) is 16.8. The van der Waals surface area contributed by atoms with Gasteiger partial charge in [0.1, 0.15) is 11.2 Å². The van der Waals surface area contributed by atoms with Crippen LogP contribution in [-0.4, -0.2) is 28.6 Å². The predicted molar refractivity (Wildman–Crippen MR) is 105 cm³/mol. The van der Waals surface area contributed by atoms with Gasteiger partial charge in [0.25, 0.3) is 0 Å². The van der Waals surface area contributed by atoms with Gasteiger partial charge < -0.3 is 10.2 Å². The van der Waals surface area contributed by atoms with Crippen molar-refractivity contribution in [1.82, 2.24) is 9.78 Å². The molecule has 1 aromatic carbocycles. The fourth-order valence-corrected chi connectivity index (χ4v) is 4.29. The molecule has 2 aromatic rings. The van der Waals surface area contributed by atoms with Gasteiger partial charge in [0.2, 0.25) is 11.8 Å². The molecule has 0 bridgehead atoms. The number of hydrogen-bond acceptors (Lipinski definition) is 3. The van der Waals surface area contributed by atoms with Crippen molar-refractivity contribution in [2.75, 3.05) is 17.3 Å². The third-order valence-corrected chi connectivity index (χ3v) is 5.73. The highest BCUT2D eigenvalue weighted by Gasteiger charge is 2.56. The molecule has 1 unspecified atom stereocenters. The van der Waals surface area contributed by atoms with Gasteiger partial charge in [-0.1, -0.05) is 26.0 Å². The molecule has 0 saturated carbocycles. The number of carbonyl (C=O) groups is 2. The summed E-state index contributed by atoms with van der Waals surface area (Å²) in [6.45, 7) is 10.3. The molecule has 0 fully saturated rings. The van der Waals surface area contributed by atoms with Gasteiger partial charge in [-0.05, 0) is 43.9 Å². The maximum Gasteiger partial charge on any atom is 0.242 e. The van der Waals surface area contributed by atoms with Crippen molar-refractivity contribution in [3.63, 3.8) is 0 Å². The Morgan fingerprint density at radius 2 is 1.89 bits per heavy atom.